The van der Waals surface area contributed by atoms with Crippen LogP contribution in [0.4, 0.5) is 5.69 Å². The lowest BCUT2D eigenvalue weighted by Gasteiger charge is -2.24. The molecule has 5 atom stereocenters. The number of hydrogen-bond acceptors (Lipinski definition) is 3. The Bertz CT molecular complexity index is 799. The number of fused-ring (bicyclic) bond motifs is 5. The number of imide groups is 1. The molecule has 3 aliphatic rings. The van der Waals surface area contributed by atoms with E-state index in [1.165, 1.54) is 4.90 Å². The van der Waals surface area contributed by atoms with E-state index >= 15 is 0 Å². The summed E-state index contributed by atoms with van der Waals surface area (Å²) in [7, 11) is 0. The Morgan fingerprint density at radius 3 is 2.38 bits per heavy atom. The summed E-state index contributed by atoms with van der Waals surface area (Å²) < 4.78 is 0.746. The summed E-state index contributed by atoms with van der Waals surface area (Å²) >= 11 is 9.55. The molecule has 26 heavy (non-hydrogen) atoms. The summed E-state index contributed by atoms with van der Waals surface area (Å²) in [6.45, 7) is 3.42. The van der Waals surface area contributed by atoms with Crippen LogP contribution in [0.1, 0.15) is 31.7 Å². The maximum atomic E-state index is 12.8. The fraction of sp³-hybridized carbons (Fsp3) is 0.526. The van der Waals surface area contributed by atoms with Crippen LogP contribution in [-0.2, 0) is 14.4 Å². The average molecular weight is 440 g/mol. The van der Waals surface area contributed by atoms with Crippen LogP contribution in [0.25, 0.3) is 0 Å². The van der Waals surface area contributed by atoms with Crippen LogP contribution in [0.3, 0.4) is 0 Å². The number of nitrogens with one attached hydrogen (secondary N) is 1. The van der Waals surface area contributed by atoms with Crippen molar-refractivity contribution in [3.63, 3.8) is 0 Å². The van der Waals surface area contributed by atoms with E-state index in [0.29, 0.717) is 22.5 Å². The first-order chi connectivity index (χ1) is 12.3. The smallest absolute Gasteiger partial charge is 0.247 e. The molecular formula is C19H20BrClN2O3. The maximum absolute atomic E-state index is 12.8. The van der Waals surface area contributed by atoms with E-state index in [-0.39, 0.29) is 29.6 Å². The van der Waals surface area contributed by atoms with Crippen LogP contribution in [0.5, 0.6) is 0 Å². The molecule has 5 nitrogen and oxygen atoms in total. The van der Waals surface area contributed by atoms with Gasteiger partial charge in [0.1, 0.15) is 6.04 Å². The zero-order chi connectivity index (χ0) is 18.7. The Balaban J connectivity index is 1.54. The molecule has 2 saturated carbocycles. The summed E-state index contributed by atoms with van der Waals surface area (Å²) in [6.07, 6.45) is 3.03. The third kappa shape index (κ3) is 2.53. The van der Waals surface area contributed by atoms with Gasteiger partial charge in [-0.3, -0.25) is 19.3 Å². The monoisotopic (exact) mass is 438 g/mol. The molecule has 7 heteroatoms. The maximum Gasteiger partial charge on any atom is 0.247 e. The summed E-state index contributed by atoms with van der Waals surface area (Å²) in [5.41, 5.74) is 1.31. The van der Waals surface area contributed by atoms with Gasteiger partial charge in [-0.15, -0.1) is 0 Å². The molecule has 3 fully saturated rings. The molecule has 2 aliphatic carbocycles. The standard InChI is InChI=1S/C19H20BrClN2O3/c1-8-13(6-5-12(20)16(8)21)22-17(24)9(2)23-18(25)14-10-3-4-11(7-10)15(14)19(23)26/h5-6,9-11,14-15H,3-4,7H2,1-2H3,(H,22,24)/t9-,10-,11-,14-,15+/m0/s1. The second-order valence-electron chi connectivity index (χ2n) is 7.63. The van der Waals surface area contributed by atoms with Crippen molar-refractivity contribution < 1.29 is 14.4 Å². The lowest BCUT2D eigenvalue weighted by atomic mass is 9.81. The van der Waals surface area contributed by atoms with E-state index in [1.54, 1.807) is 19.1 Å². The van der Waals surface area contributed by atoms with E-state index in [1.807, 2.05) is 6.92 Å². The zero-order valence-electron chi connectivity index (χ0n) is 14.6. The third-order valence-electron chi connectivity index (χ3n) is 6.33. The molecule has 2 bridgehead atoms. The average Bonchev–Trinajstić information content (AvgIpc) is 3.29. The Morgan fingerprint density at radius 1 is 1.23 bits per heavy atom. The Hall–Kier alpha value is -1.40. The van der Waals surface area contributed by atoms with Crippen molar-refractivity contribution in [2.24, 2.45) is 23.7 Å². The van der Waals surface area contributed by atoms with Gasteiger partial charge in [-0.05, 0) is 78.6 Å². The fourth-order valence-corrected chi connectivity index (χ4v) is 5.55. The molecule has 0 unspecified atom stereocenters. The molecule has 138 valence electrons. The van der Waals surface area contributed by atoms with E-state index in [4.69, 9.17) is 11.6 Å². The quantitative estimate of drug-likeness (QED) is 0.729. The van der Waals surface area contributed by atoms with Gasteiger partial charge in [-0.25, -0.2) is 0 Å². The minimum Gasteiger partial charge on any atom is -0.324 e. The molecule has 0 aromatic heterocycles. The van der Waals surface area contributed by atoms with Crippen LogP contribution < -0.4 is 5.32 Å². The van der Waals surface area contributed by atoms with Crippen molar-refractivity contribution in [1.82, 2.24) is 4.90 Å². The van der Waals surface area contributed by atoms with Crippen LogP contribution in [0, 0.1) is 30.6 Å². The van der Waals surface area contributed by atoms with Crippen LogP contribution in [0.15, 0.2) is 16.6 Å². The number of anilines is 1. The van der Waals surface area contributed by atoms with E-state index in [9.17, 15) is 14.4 Å². The zero-order valence-corrected chi connectivity index (χ0v) is 16.9. The number of carbonyl (C=O) groups excluding carboxylic acids is 3. The van der Waals surface area contributed by atoms with E-state index in [2.05, 4.69) is 21.2 Å². The number of halogens is 2. The molecule has 1 N–H and O–H groups in total. The number of likely N-dealkylation sites (tertiary alicyclic amines) is 1. The summed E-state index contributed by atoms with van der Waals surface area (Å²) in [4.78, 5) is 39.6. The molecule has 1 aromatic carbocycles. The minimum atomic E-state index is -0.832. The highest BCUT2D eigenvalue weighted by Crippen LogP contribution is 2.56. The van der Waals surface area contributed by atoms with Gasteiger partial charge in [0.25, 0.3) is 0 Å². The molecule has 0 radical (unpaired) electrons. The third-order valence-corrected chi connectivity index (χ3v) is 7.70. The molecule has 1 aliphatic heterocycles. The van der Waals surface area contributed by atoms with Crippen molar-refractivity contribution in [3.8, 4) is 0 Å². The van der Waals surface area contributed by atoms with Gasteiger partial charge in [0.2, 0.25) is 17.7 Å². The summed E-state index contributed by atoms with van der Waals surface area (Å²) in [5.74, 6) is -0.495. The molecule has 4 rings (SSSR count). The molecule has 3 amide bonds. The van der Waals surface area contributed by atoms with Gasteiger partial charge in [-0.1, -0.05) is 11.6 Å². The number of benzene rings is 1. The molecule has 1 aromatic rings. The van der Waals surface area contributed by atoms with Gasteiger partial charge in [0.05, 0.1) is 16.9 Å². The summed E-state index contributed by atoms with van der Waals surface area (Å²) in [6, 6.07) is 2.67. The van der Waals surface area contributed by atoms with E-state index in [0.717, 1.165) is 29.3 Å². The minimum absolute atomic E-state index is 0.166. The first-order valence-electron chi connectivity index (χ1n) is 8.93. The highest BCUT2D eigenvalue weighted by Gasteiger charge is 2.62. The van der Waals surface area contributed by atoms with Crippen molar-refractivity contribution in [3.05, 3.63) is 27.2 Å². The first kappa shape index (κ1) is 18.0. The molecule has 1 heterocycles. The van der Waals surface area contributed by atoms with Gasteiger partial charge in [0.15, 0.2) is 0 Å². The van der Waals surface area contributed by atoms with Crippen molar-refractivity contribution >= 4 is 50.9 Å². The lowest BCUT2D eigenvalue weighted by molar-refractivity contribution is -0.146. The second kappa shape index (κ2) is 6.34. The lowest BCUT2D eigenvalue weighted by Crippen LogP contribution is -2.46. The largest absolute Gasteiger partial charge is 0.324 e. The van der Waals surface area contributed by atoms with Crippen molar-refractivity contribution in [2.75, 3.05) is 5.32 Å². The number of nitrogens with zero attached hydrogens (tertiary/aromatic N) is 1. The van der Waals surface area contributed by atoms with Gasteiger partial charge >= 0.3 is 0 Å². The van der Waals surface area contributed by atoms with Gasteiger partial charge in [0, 0.05) is 10.2 Å². The topological polar surface area (TPSA) is 66.5 Å². The Kier molecular flexibility index (Phi) is 4.39. The SMILES string of the molecule is Cc1c(NC(=O)[C@H](C)N2C(=O)[C@@H]3[C@H]4CC[C@@H](C4)[C@@H]3C2=O)ccc(Br)c1Cl. The Labute approximate surface area is 165 Å². The van der Waals surface area contributed by atoms with E-state index < -0.39 is 6.04 Å². The first-order valence-corrected chi connectivity index (χ1v) is 10.1. The fourth-order valence-electron chi connectivity index (χ4n) is 4.96. The number of rotatable bonds is 3. The Morgan fingerprint density at radius 2 is 1.81 bits per heavy atom. The van der Waals surface area contributed by atoms with Crippen LogP contribution in [-0.4, -0.2) is 28.7 Å². The van der Waals surface area contributed by atoms with Crippen molar-refractivity contribution in [2.45, 2.75) is 39.2 Å². The predicted octanol–water partition coefficient (Wildman–Crippen LogP) is 3.77. The molecular weight excluding hydrogens is 420 g/mol. The number of amides is 3. The number of carbonyl (C=O) groups is 3. The highest BCUT2D eigenvalue weighted by molar-refractivity contribution is 9.10. The molecule has 1 saturated heterocycles. The number of hydrogen-bond donors (Lipinski definition) is 1. The van der Waals surface area contributed by atoms with Crippen LogP contribution >= 0.6 is 27.5 Å². The second-order valence-corrected chi connectivity index (χ2v) is 8.86. The summed E-state index contributed by atoms with van der Waals surface area (Å²) in [5, 5.41) is 3.33. The van der Waals surface area contributed by atoms with Gasteiger partial charge < -0.3 is 5.32 Å². The van der Waals surface area contributed by atoms with Crippen molar-refractivity contribution in [1.29, 1.82) is 0 Å². The predicted molar refractivity (Wildman–Crippen MR) is 102 cm³/mol. The molecule has 0 spiro atoms. The van der Waals surface area contributed by atoms with Crippen LogP contribution in [0.2, 0.25) is 5.02 Å². The normalized spacial score (nSPS) is 30.7. The van der Waals surface area contributed by atoms with Gasteiger partial charge in [-0.2, -0.15) is 0 Å². The highest BCUT2D eigenvalue weighted by atomic mass is 79.9.